The minimum absolute atomic E-state index is 0.943. The average molecular weight is 337 g/mol. The molecule has 0 nitrogen and oxygen atoms in total. The van der Waals surface area contributed by atoms with Crippen molar-refractivity contribution in [2.24, 2.45) is 11.8 Å². The Kier molecular flexibility index (Phi) is 18.9. The van der Waals surface area contributed by atoms with Crippen LogP contribution >= 0.6 is 0 Å². The van der Waals surface area contributed by atoms with Gasteiger partial charge >= 0.3 is 0 Å². The van der Waals surface area contributed by atoms with Gasteiger partial charge in [-0.2, -0.15) is 0 Å². The lowest BCUT2D eigenvalue weighted by atomic mass is 9.93. The molecule has 0 saturated carbocycles. The van der Waals surface area contributed by atoms with Gasteiger partial charge in [0.05, 0.1) is 0 Å². The van der Waals surface area contributed by atoms with Gasteiger partial charge in [-0.3, -0.25) is 0 Å². The third-order valence-electron chi connectivity index (χ3n) is 5.57. The first-order valence-corrected chi connectivity index (χ1v) is 11.4. The van der Waals surface area contributed by atoms with Crippen molar-refractivity contribution in [3.05, 3.63) is 12.2 Å². The van der Waals surface area contributed by atoms with Crippen LogP contribution < -0.4 is 0 Å². The molecule has 0 radical (unpaired) electrons. The van der Waals surface area contributed by atoms with Gasteiger partial charge in [0.15, 0.2) is 0 Å². The fourth-order valence-corrected chi connectivity index (χ4v) is 3.62. The van der Waals surface area contributed by atoms with Gasteiger partial charge in [0.1, 0.15) is 0 Å². The summed E-state index contributed by atoms with van der Waals surface area (Å²) in [5.41, 5.74) is 0. The smallest absolute Gasteiger partial charge is 0.0348 e. The zero-order valence-electron chi connectivity index (χ0n) is 17.6. The molecule has 0 aromatic heterocycles. The SMILES string of the molecule is CCCCCCC(CC)CCC=CCCCCC(C)CCCCC. The van der Waals surface area contributed by atoms with Crippen LogP contribution in [0.4, 0.5) is 0 Å². The monoisotopic (exact) mass is 336 g/mol. The molecule has 0 fully saturated rings. The van der Waals surface area contributed by atoms with Crippen molar-refractivity contribution in [2.45, 2.75) is 130 Å². The van der Waals surface area contributed by atoms with E-state index in [4.69, 9.17) is 0 Å². The van der Waals surface area contributed by atoms with E-state index in [0.717, 1.165) is 11.8 Å². The Bertz CT molecular complexity index is 253. The lowest BCUT2D eigenvalue weighted by Gasteiger charge is -2.13. The van der Waals surface area contributed by atoms with Gasteiger partial charge in [0, 0.05) is 0 Å². The first kappa shape index (κ1) is 23.7. The Morgan fingerprint density at radius 1 is 0.583 bits per heavy atom. The molecule has 0 heteroatoms. The minimum atomic E-state index is 0.943. The first-order chi connectivity index (χ1) is 11.7. The summed E-state index contributed by atoms with van der Waals surface area (Å²) in [6.07, 6.45) is 27.3. The number of unbranched alkanes of at least 4 members (excludes halogenated alkanes) is 7. The van der Waals surface area contributed by atoms with E-state index in [9.17, 15) is 0 Å². The zero-order chi connectivity index (χ0) is 17.9. The molecule has 0 aliphatic heterocycles. The van der Waals surface area contributed by atoms with E-state index in [1.54, 1.807) is 0 Å². The molecule has 0 aromatic carbocycles. The molecular weight excluding hydrogens is 288 g/mol. The Hall–Kier alpha value is -0.260. The normalized spacial score (nSPS) is 14.3. The Labute approximate surface area is 154 Å². The second kappa shape index (κ2) is 19.1. The summed E-state index contributed by atoms with van der Waals surface area (Å²) in [5, 5.41) is 0. The Morgan fingerprint density at radius 3 is 1.83 bits per heavy atom. The molecule has 0 aliphatic rings. The van der Waals surface area contributed by atoms with Gasteiger partial charge in [0.2, 0.25) is 0 Å². The predicted molar refractivity (Wildman–Crippen MR) is 113 cm³/mol. The third-order valence-corrected chi connectivity index (χ3v) is 5.57. The quantitative estimate of drug-likeness (QED) is 0.173. The van der Waals surface area contributed by atoms with Crippen LogP contribution in [0.25, 0.3) is 0 Å². The maximum atomic E-state index is 2.46. The van der Waals surface area contributed by atoms with E-state index < -0.39 is 0 Å². The maximum Gasteiger partial charge on any atom is -0.0348 e. The first-order valence-electron chi connectivity index (χ1n) is 11.4. The van der Waals surface area contributed by atoms with Crippen LogP contribution in [-0.4, -0.2) is 0 Å². The van der Waals surface area contributed by atoms with Crippen molar-refractivity contribution in [1.29, 1.82) is 0 Å². The van der Waals surface area contributed by atoms with Gasteiger partial charge in [-0.25, -0.2) is 0 Å². The molecule has 0 rings (SSSR count). The molecule has 2 atom stereocenters. The third kappa shape index (κ3) is 16.6. The molecule has 0 aliphatic carbocycles. The van der Waals surface area contributed by atoms with Crippen molar-refractivity contribution < 1.29 is 0 Å². The van der Waals surface area contributed by atoms with Crippen LogP contribution in [0.5, 0.6) is 0 Å². The molecule has 0 aromatic rings. The summed E-state index contributed by atoms with van der Waals surface area (Å²) in [5.74, 6) is 1.91. The number of hydrogen-bond donors (Lipinski definition) is 0. The van der Waals surface area contributed by atoms with Crippen LogP contribution in [0.15, 0.2) is 12.2 Å². The van der Waals surface area contributed by atoms with Crippen molar-refractivity contribution in [3.63, 3.8) is 0 Å². The highest BCUT2D eigenvalue weighted by Gasteiger charge is 2.04. The van der Waals surface area contributed by atoms with Gasteiger partial charge in [-0.1, -0.05) is 117 Å². The Morgan fingerprint density at radius 2 is 1.17 bits per heavy atom. The van der Waals surface area contributed by atoms with Crippen LogP contribution in [-0.2, 0) is 0 Å². The highest BCUT2D eigenvalue weighted by Crippen LogP contribution is 2.20. The molecule has 0 amide bonds. The van der Waals surface area contributed by atoms with Crippen molar-refractivity contribution in [3.8, 4) is 0 Å². The highest BCUT2D eigenvalue weighted by atomic mass is 14.1. The van der Waals surface area contributed by atoms with Crippen LogP contribution in [0.3, 0.4) is 0 Å². The molecule has 0 N–H and O–H groups in total. The standard InChI is InChI=1S/C24H48/c1-5-8-10-17-21-24(7-3)22-18-14-12-11-13-16-20-23(4)19-15-9-6-2/h12,14,23-24H,5-11,13,15-22H2,1-4H3. The summed E-state index contributed by atoms with van der Waals surface area (Å²) >= 11 is 0. The van der Waals surface area contributed by atoms with Gasteiger partial charge in [-0.15, -0.1) is 0 Å². The molecule has 0 saturated heterocycles. The Balaban J connectivity index is 3.47. The minimum Gasteiger partial charge on any atom is -0.0885 e. The fourth-order valence-electron chi connectivity index (χ4n) is 3.62. The highest BCUT2D eigenvalue weighted by molar-refractivity contribution is 4.82. The van der Waals surface area contributed by atoms with Crippen molar-refractivity contribution in [2.75, 3.05) is 0 Å². The molecule has 144 valence electrons. The van der Waals surface area contributed by atoms with E-state index >= 15 is 0 Å². The number of hydrogen-bond acceptors (Lipinski definition) is 0. The van der Waals surface area contributed by atoms with E-state index in [0.29, 0.717) is 0 Å². The van der Waals surface area contributed by atoms with E-state index in [2.05, 4.69) is 39.8 Å². The largest absolute Gasteiger partial charge is 0.0885 e. The average Bonchev–Trinajstić information content (AvgIpc) is 2.59. The second-order valence-electron chi connectivity index (χ2n) is 8.06. The van der Waals surface area contributed by atoms with Crippen molar-refractivity contribution in [1.82, 2.24) is 0 Å². The van der Waals surface area contributed by atoms with Crippen LogP contribution in [0, 0.1) is 11.8 Å². The van der Waals surface area contributed by atoms with Gasteiger partial charge in [0.25, 0.3) is 0 Å². The molecule has 24 heavy (non-hydrogen) atoms. The van der Waals surface area contributed by atoms with E-state index in [-0.39, 0.29) is 0 Å². The second-order valence-corrected chi connectivity index (χ2v) is 8.06. The zero-order valence-corrected chi connectivity index (χ0v) is 17.6. The molecule has 0 spiro atoms. The molecule has 0 heterocycles. The van der Waals surface area contributed by atoms with Gasteiger partial charge in [-0.05, 0) is 37.5 Å². The molecular formula is C24H48. The summed E-state index contributed by atoms with van der Waals surface area (Å²) in [4.78, 5) is 0. The predicted octanol–water partition coefficient (Wildman–Crippen LogP) is 9.10. The maximum absolute atomic E-state index is 2.46. The molecule has 2 unspecified atom stereocenters. The fraction of sp³-hybridized carbons (Fsp3) is 0.917. The van der Waals surface area contributed by atoms with Crippen molar-refractivity contribution >= 4 is 0 Å². The lowest BCUT2D eigenvalue weighted by molar-refractivity contribution is 0.416. The summed E-state index contributed by atoms with van der Waals surface area (Å²) in [6, 6.07) is 0. The molecule has 0 bridgehead atoms. The van der Waals surface area contributed by atoms with E-state index in [1.807, 2.05) is 0 Å². The number of rotatable bonds is 18. The van der Waals surface area contributed by atoms with E-state index in [1.165, 1.54) is 103 Å². The number of allylic oxidation sites excluding steroid dienone is 2. The van der Waals surface area contributed by atoms with Gasteiger partial charge < -0.3 is 0 Å². The summed E-state index contributed by atoms with van der Waals surface area (Å²) in [7, 11) is 0. The van der Waals surface area contributed by atoms with Crippen LogP contribution in [0.1, 0.15) is 130 Å². The van der Waals surface area contributed by atoms with Crippen LogP contribution in [0.2, 0.25) is 0 Å². The lowest BCUT2D eigenvalue weighted by Crippen LogP contribution is -1.98. The summed E-state index contributed by atoms with van der Waals surface area (Å²) < 4.78 is 0. The summed E-state index contributed by atoms with van der Waals surface area (Å²) in [6.45, 7) is 9.41. The topological polar surface area (TPSA) is 0 Å².